The molecule has 0 bridgehead atoms. The number of fused-ring (bicyclic) bond motifs is 1. The van der Waals surface area contributed by atoms with Crippen LogP contribution in [0.2, 0.25) is 0 Å². The van der Waals surface area contributed by atoms with E-state index in [-0.39, 0.29) is 11.6 Å². The smallest absolute Gasteiger partial charge is 0.280 e. The van der Waals surface area contributed by atoms with Gasteiger partial charge < -0.3 is 19.9 Å². The summed E-state index contributed by atoms with van der Waals surface area (Å²) >= 11 is 0. The van der Waals surface area contributed by atoms with Gasteiger partial charge in [0, 0.05) is 30.1 Å². The number of pyridine rings is 1. The number of carbonyl (C=O) groups is 1. The molecule has 10 heteroatoms. The topological polar surface area (TPSA) is 98.5 Å². The molecular weight excluding hydrogens is 434 g/mol. The van der Waals surface area contributed by atoms with Crippen LogP contribution in [0.25, 0.3) is 10.9 Å². The number of carbonyl (C=O) groups excluding carboxylic acids is 1. The average molecular weight is 460 g/mol. The number of aliphatic hydroxyl groups is 1. The van der Waals surface area contributed by atoms with Crippen LogP contribution in [0, 0.1) is 5.92 Å². The Bertz CT molecular complexity index is 1140. The quantitative estimate of drug-likeness (QED) is 0.504. The van der Waals surface area contributed by atoms with Crippen LogP contribution >= 0.6 is 0 Å². The van der Waals surface area contributed by atoms with Gasteiger partial charge in [0.25, 0.3) is 12.3 Å². The van der Waals surface area contributed by atoms with E-state index in [1.54, 1.807) is 30.7 Å². The predicted molar refractivity (Wildman–Crippen MR) is 118 cm³/mol. The van der Waals surface area contributed by atoms with Crippen LogP contribution in [0.1, 0.15) is 42.9 Å². The predicted octanol–water partition coefficient (Wildman–Crippen LogP) is 3.81. The van der Waals surface area contributed by atoms with E-state index in [4.69, 9.17) is 9.47 Å². The fraction of sp³-hybridized carbons (Fsp3) is 0.435. The number of nitrogens with one attached hydrogen (secondary N) is 1. The summed E-state index contributed by atoms with van der Waals surface area (Å²) in [6.45, 7) is 5.61. The van der Waals surface area contributed by atoms with E-state index in [0.29, 0.717) is 49.7 Å². The molecule has 3 heterocycles. The highest BCUT2D eigenvalue weighted by atomic mass is 19.3. The summed E-state index contributed by atoms with van der Waals surface area (Å²) in [6, 6.07) is 7.37. The molecule has 4 rings (SSSR count). The SMILES string of the molecule is CC(C)(O)CCn1cc2cc(NC(=O)c3cccc(C(F)F)n3)c(OCC3COC3)cc2n1. The van der Waals surface area contributed by atoms with Crippen molar-refractivity contribution in [3.8, 4) is 5.75 Å². The molecule has 3 aromatic rings. The van der Waals surface area contributed by atoms with Crippen molar-refractivity contribution >= 4 is 22.5 Å². The largest absolute Gasteiger partial charge is 0.491 e. The van der Waals surface area contributed by atoms with Crippen molar-refractivity contribution in [2.75, 3.05) is 25.1 Å². The third-order valence-corrected chi connectivity index (χ3v) is 5.26. The number of amides is 1. The highest BCUT2D eigenvalue weighted by molar-refractivity contribution is 6.05. The number of anilines is 1. The molecule has 33 heavy (non-hydrogen) atoms. The Morgan fingerprint density at radius 2 is 2.15 bits per heavy atom. The van der Waals surface area contributed by atoms with Crippen molar-refractivity contribution in [3.63, 3.8) is 0 Å². The van der Waals surface area contributed by atoms with Gasteiger partial charge in [0.15, 0.2) is 0 Å². The van der Waals surface area contributed by atoms with Crippen LogP contribution in [-0.4, -0.2) is 51.2 Å². The van der Waals surface area contributed by atoms with E-state index in [1.165, 1.54) is 18.2 Å². The molecule has 0 saturated carbocycles. The lowest BCUT2D eigenvalue weighted by Crippen LogP contribution is -2.32. The minimum absolute atomic E-state index is 0.118. The summed E-state index contributed by atoms with van der Waals surface area (Å²) in [5.74, 6) is 0.0570. The number of nitrogens with zero attached hydrogens (tertiary/aromatic N) is 3. The Morgan fingerprint density at radius 3 is 2.82 bits per heavy atom. The molecular formula is C23H26F2N4O4. The van der Waals surface area contributed by atoms with Gasteiger partial charge in [-0.05, 0) is 38.5 Å². The number of halogens is 2. The molecule has 1 saturated heterocycles. The van der Waals surface area contributed by atoms with Gasteiger partial charge in [-0.15, -0.1) is 0 Å². The Morgan fingerprint density at radius 1 is 1.36 bits per heavy atom. The van der Waals surface area contributed by atoms with Crippen molar-refractivity contribution in [1.82, 2.24) is 14.8 Å². The maximum absolute atomic E-state index is 13.0. The molecule has 0 radical (unpaired) electrons. The van der Waals surface area contributed by atoms with E-state index in [1.807, 2.05) is 6.20 Å². The molecule has 0 spiro atoms. The van der Waals surface area contributed by atoms with Crippen molar-refractivity contribution < 1.29 is 28.2 Å². The number of aryl methyl sites for hydroxylation is 1. The highest BCUT2D eigenvalue weighted by Gasteiger charge is 2.21. The molecule has 1 aliphatic heterocycles. The van der Waals surface area contributed by atoms with Crippen molar-refractivity contribution in [1.29, 1.82) is 0 Å². The van der Waals surface area contributed by atoms with Crippen LogP contribution in [0.5, 0.6) is 5.75 Å². The van der Waals surface area contributed by atoms with Crippen molar-refractivity contribution in [2.24, 2.45) is 5.92 Å². The van der Waals surface area contributed by atoms with Gasteiger partial charge in [-0.2, -0.15) is 5.10 Å². The molecule has 2 N–H and O–H groups in total. The third-order valence-electron chi connectivity index (χ3n) is 5.26. The molecule has 176 valence electrons. The Hall–Kier alpha value is -3.11. The van der Waals surface area contributed by atoms with Crippen LogP contribution in [0.3, 0.4) is 0 Å². The Balaban J connectivity index is 1.60. The van der Waals surface area contributed by atoms with Gasteiger partial charge in [0.2, 0.25) is 0 Å². The third kappa shape index (κ3) is 5.82. The lowest BCUT2D eigenvalue weighted by atomic mass is 10.1. The molecule has 1 aromatic carbocycles. The number of alkyl halides is 2. The van der Waals surface area contributed by atoms with Gasteiger partial charge in [0.05, 0.1) is 36.6 Å². The summed E-state index contributed by atoms with van der Waals surface area (Å²) in [5, 5.41) is 18.0. The number of ether oxygens (including phenoxy) is 2. The van der Waals surface area contributed by atoms with Gasteiger partial charge in [-0.1, -0.05) is 6.07 Å². The first-order valence-corrected chi connectivity index (χ1v) is 10.7. The van der Waals surface area contributed by atoms with Crippen LogP contribution in [0.15, 0.2) is 36.5 Å². The maximum atomic E-state index is 13.0. The number of benzene rings is 1. The average Bonchev–Trinajstić information content (AvgIpc) is 3.12. The van der Waals surface area contributed by atoms with Crippen molar-refractivity contribution in [3.05, 3.63) is 47.9 Å². The fourth-order valence-corrected chi connectivity index (χ4v) is 3.30. The zero-order valence-electron chi connectivity index (χ0n) is 18.4. The second-order valence-electron chi connectivity index (χ2n) is 8.78. The molecule has 0 atom stereocenters. The lowest BCUT2D eigenvalue weighted by Gasteiger charge is -2.26. The van der Waals surface area contributed by atoms with E-state index < -0.39 is 23.6 Å². The first-order valence-electron chi connectivity index (χ1n) is 10.7. The summed E-state index contributed by atoms with van der Waals surface area (Å²) in [5.41, 5.74) is -0.351. The van der Waals surface area contributed by atoms with Gasteiger partial charge in [-0.3, -0.25) is 9.48 Å². The first-order chi connectivity index (χ1) is 15.7. The van der Waals surface area contributed by atoms with Crippen LogP contribution < -0.4 is 10.1 Å². The molecule has 1 amide bonds. The fourth-order valence-electron chi connectivity index (χ4n) is 3.30. The number of hydrogen-bond acceptors (Lipinski definition) is 6. The highest BCUT2D eigenvalue weighted by Crippen LogP contribution is 2.31. The van der Waals surface area contributed by atoms with Crippen LogP contribution in [-0.2, 0) is 11.3 Å². The summed E-state index contributed by atoms with van der Waals surface area (Å²) < 4.78 is 38.8. The standard InChI is InChI=1S/C23H26F2N4O4/c1-23(2,31)6-7-29-10-15-8-19(20(9-18(15)28-29)33-13-14-11-32-12-14)27-22(30)17-5-3-4-16(26-17)21(24)25/h3-5,8-10,14,21,31H,6-7,11-13H2,1-2H3,(H,27,30). The molecule has 2 aromatic heterocycles. The molecule has 0 unspecified atom stereocenters. The van der Waals surface area contributed by atoms with Crippen LogP contribution in [0.4, 0.5) is 14.5 Å². The second kappa shape index (κ2) is 9.40. The summed E-state index contributed by atoms with van der Waals surface area (Å²) in [4.78, 5) is 16.5. The minimum Gasteiger partial charge on any atom is -0.491 e. The van der Waals surface area contributed by atoms with E-state index in [0.717, 1.165) is 5.39 Å². The summed E-state index contributed by atoms with van der Waals surface area (Å²) in [7, 11) is 0. The number of hydrogen-bond donors (Lipinski definition) is 2. The molecule has 1 aliphatic rings. The zero-order chi connectivity index (χ0) is 23.6. The number of rotatable bonds is 9. The Kier molecular flexibility index (Phi) is 6.57. The summed E-state index contributed by atoms with van der Waals surface area (Å²) in [6.07, 6.45) is -0.440. The monoisotopic (exact) mass is 460 g/mol. The van der Waals surface area contributed by atoms with E-state index in [9.17, 15) is 18.7 Å². The van der Waals surface area contributed by atoms with Gasteiger partial charge >= 0.3 is 0 Å². The molecule has 8 nitrogen and oxygen atoms in total. The second-order valence-corrected chi connectivity index (χ2v) is 8.78. The minimum atomic E-state index is -2.77. The zero-order valence-corrected chi connectivity index (χ0v) is 18.4. The van der Waals surface area contributed by atoms with Crippen molar-refractivity contribution in [2.45, 2.75) is 38.8 Å². The maximum Gasteiger partial charge on any atom is 0.280 e. The van der Waals surface area contributed by atoms with E-state index in [2.05, 4.69) is 15.4 Å². The lowest BCUT2D eigenvalue weighted by molar-refractivity contribution is -0.0507. The number of aromatic nitrogens is 3. The molecule has 1 fully saturated rings. The molecule has 0 aliphatic carbocycles. The normalized spacial score (nSPS) is 14.5. The first kappa shape index (κ1) is 23.1. The van der Waals surface area contributed by atoms with Gasteiger partial charge in [-0.25, -0.2) is 13.8 Å². The van der Waals surface area contributed by atoms with E-state index >= 15 is 0 Å². The van der Waals surface area contributed by atoms with Gasteiger partial charge in [0.1, 0.15) is 17.1 Å². The Labute approximate surface area is 189 Å².